The van der Waals surface area contributed by atoms with Gasteiger partial charge in [-0.05, 0) is 12.1 Å². The summed E-state index contributed by atoms with van der Waals surface area (Å²) in [6, 6.07) is 0.574. The van der Waals surface area contributed by atoms with Crippen molar-refractivity contribution in [3.05, 3.63) is 27.7 Å². The molecule has 0 saturated carbocycles. The fourth-order valence-corrected chi connectivity index (χ4v) is 1.62. The second-order valence-electron chi connectivity index (χ2n) is 2.91. The molecule has 0 aliphatic heterocycles. The Morgan fingerprint density at radius 1 is 0.875 bits per heavy atom. The molecule has 0 unspecified atom stereocenters. The van der Waals surface area contributed by atoms with E-state index in [1.807, 2.05) is 0 Å². The minimum absolute atomic E-state index is 0.257. The molecule has 1 rings (SSSR count). The van der Waals surface area contributed by atoms with E-state index in [0.29, 0.717) is 6.07 Å². The molecule has 0 aliphatic carbocycles. The van der Waals surface area contributed by atoms with Crippen LogP contribution >= 0.6 is 15.9 Å². The van der Waals surface area contributed by atoms with Crippen LogP contribution in [0.2, 0.25) is 0 Å². The smallest absolute Gasteiger partial charge is 0.398 e. The van der Waals surface area contributed by atoms with E-state index in [1.165, 1.54) is 0 Å². The molecule has 2 N–H and O–H groups in total. The lowest BCUT2D eigenvalue weighted by molar-refractivity contribution is -0.141. The number of alkyl halides is 6. The Kier molecular flexibility index (Phi) is 3.15. The summed E-state index contributed by atoms with van der Waals surface area (Å²) in [6.45, 7) is 0. The average Bonchev–Trinajstić information content (AvgIpc) is 2.04. The highest BCUT2D eigenvalue weighted by molar-refractivity contribution is 9.10. The highest BCUT2D eigenvalue weighted by Gasteiger charge is 2.38. The fourth-order valence-electron chi connectivity index (χ4n) is 1.05. The first-order valence-corrected chi connectivity index (χ1v) is 4.56. The Balaban J connectivity index is 3.40. The first kappa shape index (κ1) is 13.1. The van der Waals surface area contributed by atoms with Gasteiger partial charge in [0.1, 0.15) is 0 Å². The molecule has 0 bridgehead atoms. The van der Waals surface area contributed by atoms with Crippen LogP contribution in [0.15, 0.2) is 16.6 Å². The molecule has 90 valence electrons. The number of nitrogen functional groups attached to an aromatic ring is 1. The van der Waals surface area contributed by atoms with Crippen LogP contribution in [0.4, 0.5) is 32.0 Å². The molecule has 0 heterocycles. The van der Waals surface area contributed by atoms with E-state index >= 15 is 0 Å². The monoisotopic (exact) mass is 307 g/mol. The highest BCUT2D eigenvalue weighted by atomic mass is 79.9. The van der Waals surface area contributed by atoms with Crippen LogP contribution in [0, 0.1) is 0 Å². The number of halogens is 7. The molecule has 0 radical (unpaired) electrons. The first-order valence-electron chi connectivity index (χ1n) is 3.77. The minimum Gasteiger partial charge on any atom is -0.398 e. The third-order valence-electron chi connectivity index (χ3n) is 1.75. The molecule has 8 heteroatoms. The molecule has 1 nitrogen and oxygen atoms in total. The maximum Gasteiger partial charge on any atom is 0.418 e. The summed E-state index contributed by atoms with van der Waals surface area (Å²) in [6.07, 6.45) is -9.53. The van der Waals surface area contributed by atoms with Crippen molar-refractivity contribution in [3.63, 3.8) is 0 Å². The van der Waals surface area contributed by atoms with Gasteiger partial charge in [0.2, 0.25) is 0 Å². The Hall–Kier alpha value is -0.920. The van der Waals surface area contributed by atoms with Gasteiger partial charge >= 0.3 is 12.4 Å². The largest absolute Gasteiger partial charge is 0.418 e. The van der Waals surface area contributed by atoms with E-state index in [2.05, 4.69) is 15.9 Å². The van der Waals surface area contributed by atoms with Crippen LogP contribution in [-0.4, -0.2) is 0 Å². The van der Waals surface area contributed by atoms with Gasteiger partial charge in [0.05, 0.1) is 11.1 Å². The van der Waals surface area contributed by atoms with Gasteiger partial charge in [0, 0.05) is 10.2 Å². The summed E-state index contributed by atoms with van der Waals surface area (Å²) in [5.74, 6) is 0. The molecule has 0 spiro atoms. The number of hydrogen-bond donors (Lipinski definition) is 1. The summed E-state index contributed by atoms with van der Waals surface area (Å²) in [4.78, 5) is 0. The molecule has 0 amide bonds. The van der Waals surface area contributed by atoms with Gasteiger partial charge in [-0.15, -0.1) is 0 Å². The second-order valence-corrected chi connectivity index (χ2v) is 3.77. The number of benzene rings is 1. The zero-order valence-electron chi connectivity index (χ0n) is 7.38. The van der Waals surface area contributed by atoms with E-state index in [4.69, 9.17) is 5.73 Å². The minimum atomic E-state index is -4.78. The predicted octanol–water partition coefficient (Wildman–Crippen LogP) is 4.07. The summed E-state index contributed by atoms with van der Waals surface area (Å²) < 4.78 is 73.0. The molecule has 0 aromatic heterocycles. The van der Waals surface area contributed by atoms with Crippen LogP contribution in [-0.2, 0) is 12.4 Å². The van der Waals surface area contributed by atoms with Crippen molar-refractivity contribution in [3.8, 4) is 0 Å². The van der Waals surface area contributed by atoms with Crippen molar-refractivity contribution in [1.29, 1.82) is 0 Å². The van der Waals surface area contributed by atoms with Gasteiger partial charge in [0.25, 0.3) is 0 Å². The maximum atomic E-state index is 12.3. The van der Waals surface area contributed by atoms with Gasteiger partial charge in [-0.2, -0.15) is 26.3 Å². The lowest BCUT2D eigenvalue weighted by Gasteiger charge is -2.14. The van der Waals surface area contributed by atoms with E-state index in [1.54, 1.807) is 0 Å². The molecule has 0 atom stereocenters. The van der Waals surface area contributed by atoms with Crippen molar-refractivity contribution >= 4 is 21.6 Å². The average molecular weight is 308 g/mol. The molecular formula is C8H4BrF6N. The van der Waals surface area contributed by atoms with Gasteiger partial charge in [-0.1, -0.05) is 15.9 Å². The topological polar surface area (TPSA) is 26.0 Å². The van der Waals surface area contributed by atoms with E-state index < -0.39 is 33.6 Å². The Bertz CT molecular complexity index is 368. The third-order valence-corrected chi connectivity index (χ3v) is 2.41. The van der Waals surface area contributed by atoms with E-state index in [9.17, 15) is 26.3 Å². The van der Waals surface area contributed by atoms with Crippen LogP contribution in [0.25, 0.3) is 0 Å². The normalized spacial score (nSPS) is 12.9. The summed E-state index contributed by atoms with van der Waals surface area (Å²) >= 11 is 2.43. The number of nitrogens with two attached hydrogens (primary N) is 1. The number of rotatable bonds is 0. The Morgan fingerprint density at radius 3 is 1.69 bits per heavy atom. The third kappa shape index (κ3) is 2.60. The van der Waals surface area contributed by atoms with Crippen LogP contribution in [0.1, 0.15) is 11.1 Å². The molecule has 1 aromatic carbocycles. The zero-order valence-corrected chi connectivity index (χ0v) is 8.96. The summed E-state index contributed by atoms with van der Waals surface area (Å²) in [7, 11) is 0. The van der Waals surface area contributed by atoms with Crippen LogP contribution in [0.5, 0.6) is 0 Å². The lowest BCUT2D eigenvalue weighted by Crippen LogP contribution is -2.13. The van der Waals surface area contributed by atoms with Crippen molar-refractivity contribution < 1.29 is 26.3 Å². The number of anilines is 1. The molecule has 0 fully saturated rings. The van der Waals surface area contributed by atoms with Gasteiger partial charge < -0.3 is 5.73 Å². The highest BCUT2D eigenvalue weighted by Crippen LogP contribution is 2.41. The number of hydrogen-bond acceptors (Lipinski definition) is 1. The summed E-state index contributed by atoms with van der Waals surface area (Å²) in [5, 5.41) is 0. The first-order chi connectivity index (χ1) is 7.03. The van der Waals surface area contributed by atoms with Crippen LogP contribution in [0.3, 0.4) is 0 Å². The lowest BCUT2D eigenvalue weighted by atomic mass is 10.1. The molecule has 0 saturated heterocycles. The fraction of sp³-hybridized carbons (Fsp3) is 0.250. The molecule has 1 aromatic rings. The standard InChI is InChI=1S/C8H4BrF6N/c9-5-1-4(8(13,14)15)6(16)2-3(5)7(10,11)12/h1-2H,16H2. The molecular weight excluding hydrogens is 304 g/mol. The quantitative estimate of drug-likeness (QED) is 0.567. The van der Waals surface area contributed by atoms with Crippen molar-refractivity contribution in [1.82, 2.24) is 0 Å². The predicted molar refractivity (Wildman–Crippen MR) is 48.6 cm³/mol. The summed E-state index contributed by atoms with van der Waals surface area (Å²) in [5.41, 5.74) is 1.44. The molecule has 16 heavy (non-hydrogen) atoms. The van der Waals surface area contributed by atoms with E-state index in [-0.39, 0.29) is 6.07 Å². The van der Waals surface area contributed by atoms with Crippen LogP contribution < -0.4 is 5.73 Å². The van der Waals surface area contributed by atoms with Crippen molar-refractivity contribution in [2.45, 2.75) is 12.4 Å². The van der Waals surface area contributed by atoms with Gasteiger partial charge in [0.15, 0.2) is 0 Å². The SMILES string of the molecule is Nc1cc(C(F)(F)F)c(Br)cc1C(F)(F)F. The molecule has 0 aliphatic rings. The van der Waals surface area contributed by atoms with Gasteiger partial charge in [-0.25, -0.2) is 0 Å². The Morgan fingerprint density at radius 2 is 1.31 bits per heavy atom. The van der Waals surface area contributed by atoms with Gasteiger partial charge in [-0.3, -0.25) is 0 Å². The second kappa shape index (κ2) is 3.83. The van der Waals surface area contributed by atoms with Crippen molar-refractivity contribution in [2.24, 2.45) is 0 Å². The van der Waals surface area contributed by atoms with Crippen molar-refractivity contribution in [2.75, 3.05) is 5.73 Å². The zero-order chi connectivity index (χ0) is 12.7. The van der Waals surface area contributed by atoms with E-state index in [0.717, 1.165) is 0 Å². The Labute approximate surface area is 94.4 Å². The maximum absolute atomic E-state index is 12.3.